The van der Waals surface area contributed by atoms with Gasteiger partial charge in [0.2, 0.25) is 0 Å². The zero-order chi connectivity index (χ0) is 29.1. The van der Waals surface area contributed by atoms with Gasteiger partial charge in [0.15, 0.2) is 0 Å². The van der Waals surface area contributed by atoms with Crippen molar-refractivity contribution >= 4 is 5.91 Å². The number of nitrogens with zero attached hydrogens (tertiary/aromatic N) is 2. The highest BCUT2D eigenvalue weighted by Crippen LogP contribution is 2.18. The monoisotopic (exact) mass is 556 g/mol. The molecule has 0 heterocycles. The molecule has 0 N–H and O–H groups in total. The maximum atomic E-state index is 13.8. The van der Waals surface area contributed by atoms with E-state index >= 15 is 0 Å². The minimum atomic E-state index is 0.114. The van der Waals surface area contributed by atoms with Gasteiger partial charge in [-0.2, -0.15) is 0 Å². The molecule has 0 radical (unpaired) electrons. The van der Waals surface area contributed by atoms with Gasteiger partial charge in [-0.05, 0) is 92.7 Å². The van der Waals surface area contributed by atoms with Crippen molar-refractivity contribution in [3.05, 3.63) is 101 Å². The molecule has 41 heavy (non-hydrogen) atoms. The predicted molar refractivity (Wildman–Crippen MR) is 173 cm³/mol. The minimum Gasteiger partial charge on any atom is -0.489 e. The number of aryl methyl sites for hydroxylation is 1. The highest BCUT2D eigenvalue weighted by atomic mass is 16.5. The van der Waals surface area contributed by atoms with Gasteiger partial charge in [0.1, 0.15) is 12.4 Å². The van der Waals surface area contributed by atoms with Crippen molar-refractivity contribution in [2.45, 2.75) is 91.7 Å². The molecule has 4 heteroatoms. The smallest absolute Gasteiger partial charge is 0.254 e. The Balaban J connectivity index is 1.65. The van der Waals surface area contributed by atoms with Crippen LogP contribution in [-0.4, -0.2) is 41.9 Å². The molecular weight excluding hydrogens is 504 g/mol. The average molecular weight is 557 g/mol. The van der Waals surface area contributed by atoms with Crippen molar-refractivity contribution in [2.75, 3.05) is 26.2 Å². The first kappa shape index (κ1) is 32.4. The summed E-state index contributed by atoms with van der Waals surface area (Å²) in [6, 6.07) is 26.7. The van der Waals surface area contributed by atoms with E-state index in [0.717, 1.165) is 61.5 Å². The molecule has 0 aliphatic carbocycles. The molecule has 0 fully saturated rings. The van der Waals surface area contributed by atoms with E-state index in [1.165, 1.54) is 50.5 Å². The van der Waals surface area contributed by atoms with Crippen LogP contribution in [0.15, 0.2) is 78.9 Å². The van der Waals surface area contributed by atoms with Crippen LogP contribution in [0.5, 0.6) is 5.75 Å². The van der Waals surface area contributed by atoms with Crippen LogP contribution >= 0.6 is 0 Å². The Labute approximate surface area is 249 Å². The molecule has 0 saturated carbocycles. The average Bonchev–Trinajstić information content (AvgIpc) is 3.02. The lowest BCUT2D eigenvalue weighted by atomic mass is 10.0. The lowest BCUT2D eigenvalue weighted by molar-refractivity contribution is 0.0734. The van der Waals surface area contributed by atoms with Gasteiger partial charge in [0, 0.05) is 18.7 Å². The van der Waals surface area contributed by atoms with E-state index in [9.17, 15) is 4.79 Å². The zero-order valence-corrected chi connectivity index (χ0v) is 25.8. The van der Waals surface area contributed by atoms with Crippen LogP contribution in [0, 0.1) is 0 Å². The molecule has 3 aromatic rings. The third-order valence-corrected chi connectivity index (χ3v) is 7.66. The standard InChI is InChI=1S/C37H52N2O2/c1-4-7-11-15-32-18-22-35(23-19-32)37(40)39(29-14-28-38(26-8-5-2)27-9-6-3)30-33-20-24-36(25-21-33)41-31-34-16-12-10-13-17-34/h10,12-13,16-25H,4-9,11,14-15,26-31H2,1-3H3. The van der Waals surface area contributed by atoms with Crippen LogP contribution in [-0.2, 0) is 19.6 Å². The van der Waals surface area contributed by atoms with E-state index in [-0.39, 0.29) is 5.91 Å². The Morgan fingerprint density at radius 2 is 1.22 bits per heavy atom. The summed E-state index contributed by atoms with van der Waals surface area (Å²) in [5, 5.41) is 0. The Bertz CT molecular complexity index is 1090. The van der Waals surface area contributed by atoms with Crippen LogP contribution in [0.4, 0.5) is 0 Å². The molecule has 0 bridgehead atoms. The summed E-state index contributed by atoms with van der Waals surface area (Å²) in [6.45, 7) is 12.0. The largest absolute Gasteiger partial charge is 0.489 e. The van der Waals surface area contributed by atoms with Gasteiger partial charge in [0.25, 0.3) is 5.91 Å². The van der Waals surface area contributed by atoms with E-state index in [2.05, 4.69) is 62.1 Å². The minimum absolute atomic E-state index is 0.114. The van der Waals surface area contributed by atoms with Gasteiger partial charge in [0.05, 0.1) is 0 Å². The fraction of sp³-hybridized carbons (Fsp3) is 0.486. The summed E-state index contributed by atoms with van der Waals surface area (Å²) in [7, 11) is 0. The number of rotatable bonds is 20. The van der Waals surface area contributed by atoms with Crippen molar-refractivity contribution in [3.8, 4) is 5.75 Å². The lowest BCUT2D eigenvalue weighted by Crippen LogP contribution is -2.34. The van der Waals surface area contributed by atoms with Crippen LogP contribution in [0.3, 0.4) is 0 Å². The summed E-state index contributed by atoms with van der Waals surface area (Å²) in [5.41, 5.74) is 4.36. The summed E-state index contributed by atoms with van der Waals surface area (Å²) in [5.74, 6) is 0.958. The van der Waals surface area contributed by atoms with Crippen molar-refractivity contribution < 1.29 is 9.53 Å². The number of unbranched alkanes of at least 4 members (excludes halogenated alkanes) is 4. The molecule has 3 aromatic carbocycles. The summed E-state index contributed by atoms with van der Waals surface area (Å²) in [6.07, 6.45) is 10.6. The molecule has 0 saturated heterocycles. The molecule has 0 atom stereocenters. The van der Waals surface area contributed by atoms with Crippen molar-refractivity contribution in [1.82, 2.24) is 9.80 Å². The van der Waals surface area contributed by atoms with E-state index in [0.29, 0.717) is 13.2 Å². The third kappa shape index (κ3) is 12.1. The molecule has 0 aliphatic heterocycles. The first-order valence-electron chi connectivity index (χ1n) is 16.0. The highest BCUT2D eigenvalue weighted by Gasteiger charge is 2.17. The summed E-state index contributed by atoms with van der Waals surface area (Å²) < 4.78 is 5.98. The number of amides is 1. The molecule has 222 valence electrons. The molecule has 3 rings (SSSR count). The van der Waals surface area contributed by atoms with Crippen LogP contribution in [0.25, 0.3) is 0 Å². The fourth-order valence-electron chi connectivity index (χ4n) is 5.06. The van der Waals surface area contributed by atoms with Crippen molar-refractivity contribution in [2.24, 2.45) is 0 Å². The highest BCUT2D eigenvalue weighted by molar-refractivity contribution is 5.94. The van der Waals surface area contributed by atoms with Gasteiger partial charge in [-0.25, -0.2) is 0 Å². The van der Waals surface area contributed by atoms with E-state index in [1.807, 2.05) is 47.4 Å². The Morgan fingerprint density at radius 3 is 1.85 bits per heavy atom. The second-order valence-corrected chi connectivity index (χ2v) is 11.2. The second kappa shape index (κ2) is 19.1. The van der Waals surface area contributed by atoms with Crippen molar-refractivity contribution in [3.63, 3.8) is 0 Å². The molecule has 0 unspecified atom stereocenters. The molecule has 0 spiro atoms. The maximum Gasteiger partial charge on any atom is 0.254 e. The summed E-state index contributed by atoms with van der Waals surface area (Å²) >= 11 is 0. The Kier molecular flexibility index (Phi) is 15.1. The first-order valence-corrected chi connectivity index (χ1v) is 16.0. The maximum absolute atomic E-state index is 13.8. The topological polar surface area (TPSA) is 32.8 Å². The number of carbonyl (C=O) groups excluding carboxylic acids is 1. The Morgan fingerprint density at radius 1 is 0.610 bits per heavy atom. The van der Waals surface area contributed by atoms with Crippen LogP contribution in [0.2, 0.25) is 0 Å². The van der Waals surface area contributed by atoms with Gasteiger partial charge >= 0.3 is 0 Å². The van der Waals surface area contributed by atoms with E-state index in [1.54, 1.807) is 0 Å². The predicted octanol–water partition coefficient (Wildman–Crippen LogP) is 8.93. The first-order chi connectivity index (χ1) is 20.1. The molecular formula is C37H52N2O2. The Hall–Kier alpha value is -3.11. The zero-order valence-electron chi connectivity index (χ0n) is 25.8. The summed E-state index contributed by atoms with van der Waals surface area (Å²) in [4.78, 5) is 18.4. The lowest BCUT2D eigenvalue weighted by Gasteiger charge is -2.26. The van der Waals surface area contributed by atoms with E-state index < -0.39 is 0 Å². The van der Waals surface area contributed by atoms with Gasteiger partial charge < -0.3 is 14.5 Å². The molecule has 0 aromatic heterocycles. The number of hydrogen-bond acceptors (Lipinski definition) is 3. The van der Waals surface area contributed by atoms with Crippen LogP contribution < -0.4 is 4.74 Å². The third-order valence-electron chi connectivity index (χ3n) is 7.66. The molecule has 1 amide bonds. The number of hydrogen-bond donors (Lipinski definition) is 0. The quantitative estimate of drug-likeness (QED) is 0.130. The SMILES string of the molecule is CCCCCc1ccc(C(=O)N(CCCN(CCCC)CCCC)Cc2ccc(OCc3ccccc3)cc2)cc1. The second-order valence-electron chi connectivity index (χ2n) is 11.2. The van der Waals surface area contributed by atoms with Gasteiger partial charge in [-0.15, -0.1) is 0 Å². The van der Waals surface area contributed by atoms with E-state index in [4.69, 9.17) is 4.74 Å². The number of benzene rings is 3. The normalized spacial score (nSPS) is 11.1. The fourth-order valence-corrected chi connectivity index (χ4v) is 5.06. The van der Waals surface area contributed by atoms with Crippen molar-refractivity contribution in [1.29, 1.82) is 0 Å². The number of ether oxygens (including phenoxy) is 1. The number of carbonyl (C=O) groups is 1. The van der Waals surface area contributed by atoms with Crippen LogP contribution in [0.1, 0.15) is 99.2 Å². The van der Waals surface area contributed by atoms with Gasteiger partial charge in [-0.1, -0.05) is 101 Å². The van der Waals surface area contributed by atoms with Gasteiger partial charge in [-0.3, -0.25) is 4.79 Å². The molecule has 4 nitrogen and oxygen atoms in total. The molecule has 0 aliphatic rings.